The van der Waals surface area contributed by atoms with Crippen LogP contribution in [-0.2, 0) is 4.79 Å². The fraction of sp³-hybridized carbons (Fsp3) is 0.529. The molecule has 0 bridgehead atoms. The van der Waals surface area contributed by atoms with Gasteiger partial charge in [-0.25, -0.2) is 0 Å². The molecule has 0 unspecified atom stereocenters. The van der Waals surface area contributed by atoms with E-state index in [2.05, 4.69) is 11.4 Å². The molecule has 1 aromatic rings. The highest BCUT2D eigenvalue weighted by molar-refractivity contribution is 8.00. The Labute approximate surface area is 136 Å². The molecule has 0 heterocycles. The topological polar surface area (TPSA) is 62.1 Å². The van der Waals surface area contributed by atoms with Gasteiger partial charge in [-0.05, 0) is 31.9 Å². The van der Waals surface area contributed by atoms with Crippen molar-refractivity contribution in [2.45, 2.75) is 54.7 Å². The van der Waals surface area contributed by atoms with Crippen LogP contribution in [0.4, 0.5) is 0 Å². The van der Waals surface area contributed by atoms with Crippen LogP contribution in [0.25, 0.3) is 0 Å². The van der Waals surface area contributed by atoms with E-state index in [1.54, 1.807) is 7.11 Å². The quantitative estimate of drug-likeness (QED) is 0.844. The summed E-state index contributed by atoms with van der Waals surface area (Å²) in [5.74, 6) is 0.680. The molecule has 4 nitrogen and oxygen atoms in total. The van der Waals surface area contributed by atoms with Crippen LogP contribution in [-0.4, -0.2) is 23.8 Å². The van der Waals surface area contributed by atoms with Crippen LogP contribution in [0.5, 0.6) is 5.75 Å². The first-order valence-electron chi connectivity index (χ1n) is 7.63. The Hall–Kier alpha value is -1.67. The molecular formula is C17H22N2O2S. The lowest BCUT2D eigenvalue weighted by Crippen LogP contribution is -2.50. The lowest BCUT2D eigenvalue weighted by Gasteiger charge is -2.32. The number of nitrogens with zero attached hydrogens (tertiary/aromatic N) is 1. The summed E-state index contributed by atoms with van der Waals surface area (Å²) in [5.41, 5.74) is -0.676. The molecule has 1 amide bonds. The van der Waals surface area contributed by atoms with Crippen molar-refractivity contribution >= 4 is 17.7 Å². The second-order valence-corrected chi connectivity index (χ2v) is 7.04. The molecule has 0 aliphatic heterocycles. The van der Waals surface area contributed by atoms with Crippen LogP contribution in [0.1, 0.15) is 39.0 Å². The third kappa shape index (κ3) is 3.95. The first-order chi connectivity index (χ1) is 10.6. The average molecular weight is 318 g/mol. The smallest absolute Gasteiger partial charge is 0.234 e. The molecule has 0 saturated heterocycles. The van der Waals surface area contributed by atoms with Crippen LogP contribution in [0.15, 0.2) is 29.2 Å². The highest BCUT2D eigenvalue weighted by Gasteiger charge is 2.34. The van der Waals surface area contributed by atoms with E-state index in [9.17, 15) is 10.1 Å². The Morgan fingerprint density at radius 1 is 1.36 bits per heavy atom. The number of benzene rings is 1. The lowest BCUT2D eigenvalue weighted by molar-refractivity contribution is -0.121. The van der Waals surface area contributed by atoms with Gasteiger partial charge in [-0.2, -0.15) is 5.26 Å². The highest BCUT2D eigenvalue weighted by atomic mass is 32.2. The number of nitrogens with one attached hydrogen (secondary N) is 1. The molecule has 1 aliphatic carbocycles. The Morgan fingerprint density at radius 2 is 2.05 bits per heavy atom. The number of thioether (sulfide) groups is 1. The van der Waals surface area contributed by atoms with Crippen molar-refractivity contribution in [3.63, 3.8) is 0 Å². The van der Waals surface area contributed by atoms with Crippen LogP contribution in [0.2, 0.25) is 0 Å². The van der Waals surface area contributed by atoms with E-state index in [1.807, 2.05) is 31.2 Å². The van der Waals surface area contributed by atoms with Gasteiger partial charge >= 0.3 is 0 Å². The van der Waals surface area contributed by atoms with Crippen molar-refractivity contribution < 1.29 is 9.53 Å². The van der Waals surface area contributed by atoms with Crippen molar-refractivity contribution in [3.05, 3.63) is 24.3 Å². The van der Waals surface area contributed by atoms with Crippen molar-refractivity contribution in [3.8, 4) is 11.8 Å². The zero-order valence-electron chi connectivity index (χ0n) is 13.1. The monoisotopic (exact) mass is 318 g/mol. The zero-order chi connectivity index (χ0) is 16.0. The average Bonchev–Trinajstić information content (AvgIpc) is 2.56. The first kappa shape index (κ1) is 16.7. The maximum absolute atomic E-state index is 12.5. The SMILES string of the molecule is COc1ccccc1S[C@@H](C)C(=O)NC1(C#N)CCCCC1. The van der Waals surface area contributed by atoms with Gasteiger partial charge in [-0.1, -0.05) is 31.4 Å². The number of ether oxygens (including phenoxy) is 1. The fourth-order valence-corrected chi connectivity index (χ4v) is 3.69. The molecule has 0 radical (unpaired) electrons. The number of nitriles is 1. The molecule has 1 fully saturated rings. The van der Waals surface area contributed by atoms with E-state index < -0.39 is 5.54 Å². The van der Waals surface area contributed by atoms with Crippen molar-refractivity contribution in [1.29, 1.82) is 5.26 Å². The molecule has 0 spiro atoms. The fourth-order valence-electron chi connectivity index (χ4n) is 2.72. The molecule has 1 atom stereocenters. The maximum atomic E-state index is 12.5. The van der Waals surface area contributed by atoms with E-state index in [0.29, 0.717) is 0 Å². The highest BCUT2D eigenvalue weighted by Crippen LogP contribution is 2.33. The van der Waals surface area contributed by atoms with Gasteiger partial charge in [0.2, 0.25) is 5.91 Å². The van der Waals surface area contributed by atoms with E-state index in [-0.39, 0.29) is 11.2 Å². The van der Waals surface area contributed by atoms with E-state index in [1.165, 1.54) is 11.8 Å². The summed E-state index contributed by atoms with van der Waals surface area (Å²) in [6.07, 6.45) is 4.65. The number of hydrogen-bond acceptors (Lipinski definition) is 4. The van der Waals surface area contributed by atoms with Crippen molar-refractivity contribution in [1.82, 2.24) is 5.32 Å². The van der Waals surface area contributed by atoms with E-state index in [4.69, 9.17) is 4.74 Å². The predicted molar refractivity (Wildman–Crippen MR) is 87.9 cm³/mol. The Balaban J connectivity index is 2.01. The number of carbonyl (C=O) groups excluding carboxylic acids is 1. The maximum Gasteiger partial charge on any atom is 0.234 e. The van der Waals surface area contributed by atoms with Crippen LogP contribution in [0, 0.1) is 11.3 Å². The summed E-state index contributed by atoms with van der Waals surface area (Å²) < 4.78 is 5.31. The molecule has 118 valence electrons. The Kier molecular flexibility index (Phi) is 5.73. The molecule has 2 rings (SSSR count). The van der Waals surface area contributed by atoms with E-state index >= 15 is 0 Å². The molecule has 1 aliphatic rings. The second-order valence-electron chi connectivity index (χ2n) is 5.65. The van der Waals surface area contributed by atoms with Crippen LogP contribution < -0.4 is 10.1 Å². The van der Waals surface area contributed by atoms with Crippen molar-refractivity contribution in [2.75, 3.05) is 7.11 Å². The minimum absolute atomic E-state index is 0.0839. The normalized spacial score (nSPS) is 18.0. The second kappa shape index (κ2) is 7.55. The Morgan fingerprint density at radius 3 is 2.68 bits per heavy atom. The van der Waals surface area contributed by atoms with Crippen LogP contribution in [0.3, 0.4) is 0 Å². The molecule has 5 heteroatoms. The molecular weight excluding hydrogens is 296 g/mol. The molecule has 1 N–H and O–H groups in total. The number of para-hydroxylation sites is 1. The van der Waals surface area contributed by atoms with Gasteiger partial charge in [-0.3, -0.25) is 4.79 Å². The van der Waals surface area contributed by atoms with Gasteiger partial charge < -0.3 is 10.1 Å². The predicted octanol–water partition coefficient (Wildman–Crippen LogP) is 3.52. The number of carbonyl (C=O) groups is 1. The van der Waals surface area contributed by atoms with E-state index in [0.717, 1.165) is 42.7 Å². The van der Waals surface area contributed by atoms with Gasteiger partial charge in [0.15, 0.2) is 0 Å². The third-order valence-electron chi connectivity index (χ3n) is 4.03. The number of methoxy groups -OCH3 is 1. The summed E-state index contributed by atoms with van der Waals surface area (Å²) in [5, 5.41) is 12.2. The minimum atomic E-state index is -0.676. The summed E-state index contributed by atoms with van der Waals surface area (Å²) in [6, 6.07) is 9.97. The third-order valence-corrected chi connectivity index (χ3v) is 5.18. The first-order valence-corrected chi connectivity index (χ1v) is 8.51. The summed E-state index contributed by atoms with van der Waals surface area (Å²) in [6.45, 7) is 1.86. The molecule has 1 saturated carbocycles. The number of amides is 1. The molecule has 1 aromatic carbocycles. The molecule has 0 aromatic heterocycles. The largest absolute Gasteiger partial charge is 0.496 e. The minimum Gasteiger partial charge on any atom is -0.496 e. The lowest BCUT2D eigenvalue weighted by atomic mass is 9.83. The van der Waals surface area contributed by atoms with Crippen LogP contribution >= 0.6 is 11.8 Å². The zero-order valence-corrected chi connectivity index (χ0v) is 13.9. The van der Waals surface area contributed by atoms with Gasteiger partial charge in [0.25, 0.3) is 0 Å². The summed E-state index contributed by atoms with van der Waals surface area (Å²) in [7, 11) is 1.62. The van der Waals surface area contributed by atoms with Gasteiger partial charge in [0, 0.05) is 0 Å². The van der Waals surface area contributed by atoms with Gasteiger partial charge in [-0.15, -0.1) is 11.8 Å². The van der Waals surface area contributed by atoms with Gasteiger partial charge in [0.1, 0.15) is 11.3 Å². The number of rotatable bonds is 5. The number of hydrogen-bond donors (Lipinski definition) is 1. The summed E-state index contributed by atoms with van der Waals surface area (Å²) in [4.78, 5) is 13.4. The standard InChI is InChI=1S/C17H22N2O2S/c1-13(22-15-9-5-4-8-14(15)21-2)16(20)19-17(12-18)10-6-3-7-11-17/h4-5,8-9,13H,3,6-7,10-11H2,1-2H3,(H,19,20)/t13-/m0/s1. The van der Waals surface area contributed by atoms with Crippen molar-refractivity contribution in [2.24, 2.45) is 0 Å². The summed E-state index contributed by atoms with van der Waals surface area (Å²) >= 11 is 1.45. The van der Waals surface area contributed by atoms with Gasteiger partial charge in [0.05, 0.1) is 23.3 Å². The molecule has 22 heavy (non-hydrogen) atoms. The Bertz CT molecular complexity index is 562.